The molecule has 78 valence electrons. The van der Waals surface area contributed by atoms with E-state index in [1.807, 2.05) is 28.8 Å². The minimum atomic E-state index is 0.490. The van der Waals surface area contributed by atoms with Gasteiger partial charge in [-0.1, -0.05) is 30.0 Å². The van der Waals surface area contributed by atoms with Crippen molar-refractivity contribution in [1.82, 2.24) is 14.6 Å². The zero-order valence-corrected chi connectivity index (χ0v) is 9.63. The molecular formula is C10H10ClN3S. The van der Waals surface area contributed by atoms with Gasteiger partial charge in [0.15, 0.2) is 10.8 Å². The van der Waals surface area contributed by atoms with Crippen LogP contribution in [-0.2, 0) is 0 Å². The predicted octanol–water partition coefficient (Wildman–Crippen LogP) is 2.62. The van der Waals surface area contributed by atoms with Gasteiger partial charge in [-0.3, -0.25) is 4.40 Å². The Labute approximate surface area is 97.2 Å². The van der Waals surface area contributed by atoms with Gasteiger partial charge in [-0.15, -0.1) is 21.8 Å². The van der Waals surface area contributed by atoms with E-state index < -0.39 is 0 Å². The minimum absolute atomic E-state index is 0.490. The second-order valence-corrected chi connectivity index (χ2v) is 4.29. The Morgan fingerprint density at radius 2 is 2.33 bits per heavy atom. The topological polar surface area (TPSA) is 30.2 Å². The van der Waals surface area contributed by atoms with Crippen molar-refractivity contribution < 1.29 is 0 Å². The van der Waals surface area contributed by atoms with E-state index in [9.17, 15) is 0 Å². The molecule has 0 aliphatic carbocycles. The summed E-state index contributed by atoms with van der Waals surface area (Å²) in [7, 11) is 0. The van der Waals surface area contributed by atoms with Crippen LogP contribution in [0.1, 0.15) is 0 Å². The van der Waals surface area contributed by atoms with Gasteiger partial charge in [0.05, 0.1) is 0 Å². The molecule has 2 aromatic rings. The first-order valence-electron chi connectivity index (χ1n) is 4.46. The third-order valence-electron chi connectivity index (χ3n) is 1.88. The van der Waals surface area contributed by atoms with Gasteiger partial charge >= 0.3 is 0 Å². The van der Waals surface area contributed by atoms with E-state index in [2.05, 4.69) is 16.8 Å². The maximum Gasteiger partial charge on any atom is 0.195 e. The van der Waals surface area contributed by atoms with Crippen LogP contribution in [0, 0.1) is 0 Å². The highest BCUT2D eigenvalue weighted by molar-refractivity contribution is 7.99. The molecule has 5 heteroatoms. The van der Waals surface area contributed by atoms with Crippen LogP contribution < -0.4 is 0 Å². The Bertz CT molecular complexity index is 480. The molecule has 0 unspecified atom stereocenters. The molecule has 3 nitrogen and oxygen atoms in total. The Balaban J connectivity index is 2.18. The number of nitrogens with zero attached hydrogens (tertiary/aromatic N) is 3. The van der Waals surface area contributed by atoms with Crippen molar-refractivity contribution >= 4 is 29.0 Å². The fourth-order valence-corrected chi connectivity index (χ4v) is 2.16. The van der Waals surface area contributed by atoms with Gasteiger partial charge in [0.2, 0.25) is 0 Å². The van der Waals surface area contributed by atoms with Crippen molar-refractivity contribution in [1.29, 1.82) is 0 Å². The second-order valence-electron chi connectivity index (χ2n) is 3.08. The van der Waals surface area contributed by atoms with Gasteiger partial charge in [0.25, 0.3) is 0 Å². The Morgan fingerprint density at radius 3 is 3.13 bits per heavy atom. The Kier molecular flexibility index (Phi) is 3.28. The summed E-state index contributed by atoms with van der Waals surface area (Å²) in [5, 5.41) is 9.02. The minimum Gasteiger partial charge on any atom is -0.277 e. The monoisotopic (exact) mass is 239 g/mol. The first-order chi connectivity index (χ1) is 7.31. The lowest BCUT2D eigenvalue weighted by molar-refractivity contribution is 0.922. The zero-order valence-electron chi connectivity index (χ0n) is 8.06. The molecule has 0 fully saturated rings. The number of halogens is 1. The quantitative estimate of drug-likeness (QED) is 0.467. The van der Waals surface area contributed by atoms with E-state index in [4.69, 9.17) is 11.6 Å². The number of rotatable bonds is 4. The molecule has 0 spiro atoms. The van der Waals surface area contributed by atoms with Gasteiger partial charge in [-0.2, -0.15) is 0 Å². The lowest BCUT2D eigenvalue weighted by Crippen LogP contribution is -1.90. The van der Waals surface area contributed by atoms with E-state index in [0.717, 1.165) is 22.1 Å². The van der Waals surface area contributed by atoms with Crippen LogP contribution in [0.2, 0.25) is 0 Å². The lowest BCUT2D eigenvalue weighted by Gasteiger charge is -1.99. The summed E-state index contributed by atoms with van der Waals surface area (Å²) < 4.78 is 1.95. The van der Waals surface area contributed by atoms with E-state index >= 15 is 0 Å². The molecule has 0 radical (unpaired) electrons. The molecular weight excluding hydrogens is 230 g/mol. The highest BCUT2D eigenvalue weighted by Gasteiger charge is 2.04. The van der Waals surface area contributed by atoms with Gasteiger partial charge < -0.3 is 0 Å². The molecule has 0 saturated carbocycles. The van der Waals surface area contributed by atoms with Crippen LogP contribution in [0.5, 0.6) is 0 Å². The van der Waals surface area contributed by atoms with Crippen molar-refractivity contribution in [3.8, 4) is 0 Å². The predicted molar refractivity (Wildman–Crippen MR) is 63.6 cm³/mol. The van der Waals surface area contributed by atoms with Crippen molar-refractivity contribution in [2.24, 2.45) is 0 Å². The molecule has 0 amide bonds. The van der Waals surface area contributed by atoms with Gasteiger partial charge in [0, 0.05) is 17.8 Å². The van der Waals surface area contributed by atoms with E-state index in [1.165, 1.54) is 0 Å². The number of pyridine rings is 1. The molecule has 2 rings (SSSR count). The average molecular weight is 240 g/mol. The number of thioether (sulfide) groups is 1. The normalized spacial score (nSPS) is 10.7. The van der Waals surface area contributed by atoms with Crippen LogP contribution in [0.15, 0.2) is 41.7 Å². The maximum absolute atomic E-state index is 5.65. The Hall–Kier alpha value is -1.00. The third kappa shape index (κ3) is 2.33. The van der Waals surface area contributed by atoms with Crippen LogP contribution in [0.25, 0.3) is 5.65 Å². The first kappa shape index (κ1) is 10.5. The SMILES string of the molecule is C=C(CCl)CSc1nnc2ccccn12. The molecule has 0 bridgehead atoms. The molecule has 0 aliphatic rings. The number of fused-ring (bicyclic) bond motifs is 1. The first-order valence-corrected chi connectivity index (χ1v) is 5.98. The Morgan fingerprint density at radius 1 is 1.47 bits per heavy atom. The molecule has 0 saturated heterocycles. The van der Waals surface area contributed by atoms with Crippen molar-refractivity contribution in [2.75, 3.05) is 11.6 Å². The molecule has 15 heavy (non-hydrogen) atoms. The number of hydrogen-bond donors (Lipinski definition) is 0. The molecule has 0 aromatic carbocycles. The zero-order chi connectivity index (χ0) is 10.7. The van der Waals surface area contributed by atoms with Crippen molar-refractivity contribution in [3.05, 3.63) is 36.5 Å². The molecule has 2 aromatic heterocycles. The molecule has 0 atom stereocenters. The van der Waals surface area contributed by atoms with Gasteiger partial charge in [0.1, 0.15) is 0 Å². The summed E-state index contributed by atoms with van der Waals surface area (Å²) in [5.74, 6) is 1.27. The highest BCUT2D eigenvalue weighted by Crippen LogP contribution is 2.18. The summed E-state index contributed by atoms with van der Waals surface area (Å²) in [6.45, 7) is 3.84. The molecule has 0 N–H and O–H groups in total. The maximum atomic E-state index is 5.65. The summed E-state index contributed by atoms with van der Waals surface area (Å²) in [5.41, 5.74) is 1.85. The standard InChI is InChI=1S/C10H10ClN3S/c1-8(6-11)7-15-10-13-12-9-4-2-3-5-14(9)10/h2-5H,1,6-7H2. The van der Waals surface area contributed by atoms with Crippen LogP contribution in [0.3, 0.4) is 0 Å². The molecule has 2 heterocycles. The number of alkyl halides is 1. The van der Waals surface area contributed by atoms with Crippen molar-refractivity contribution in [2.45, 2.75) is 5.16 Å². The number of hydrogen-bond acceptors (Lipinski definition) is 3. The second kappa shape index (κ2) is 4.68. The van der Waals surface area contributed by atoms with E-state index in [-0.39, 0.29) is 0 Å². The summed E-state index contributed by atoms with van der Waals surface area (Å²) >= 11 is 7.25. The van der Waals surface area contributed by atoms with E-state index in [0.29, 0.717) is 5.88 Å². The van der Waals surface area contributed by atoms with E-state index in [1.54, 1.807) is 11.8 Å². The summed E-state index contributed by atoms with van der Waals surface area (Å²) in [4.78, 5) is 0. The van der Waals surface area contributed by atoms with Crippen LogP contribution in [-0.4, -0.2) is 26.2 Å². The fraction of sp³-hybridized carbons (Fsp3) is 0.200. The summed E-state index contributed by atoms with van der Waals surface area (Å²) in [6.07, 6.45) is 1.95. The van der Waals surface area contributed by atoms with Gasteiger partial charge in [-0.25, -0.2) is 0 Å². The number of aromatic nitrogens is 3. The van der Waals surface area contributed by atoms with Crippen LogP contribution in [0.4, 0.5) is 0 Å². The largest absolute Gasteiger partial charge is 0.277 e. The van der Waals surface area contributed by atoms with Crippen molar-refractivity contribution in [3.63, 3.8) is 0 Å². The highest BCUT2D eigenvalue weighted by atomic mass is 35.5. The summed E-state index contributed by atoms with van der Waals surface area (Å²) in [6, 6.07) is 5.82. The third-order valence-corrected chi connectivity index (χ3v) is 3.34. The molecule has 0 aliphatic heterocycles. The van der Waals surface area contributed by atoms with Gasteiger partial charge in [-0.05, 0) is 12.1 Å². The van der Waals surface area contributed by atoms with Crippen LogP contribution >= 0.6 is 23.4 Å². The smallest absolute Gasteiger partial charge is 0.195 e. The fourth-order valence-electron chi connectivity index (χ4n) is 1.12. The average Bonchev–Trinajstić information content (AvgIpc) is 2.69. The lowest BCUT2D eigenvalue weighted by atomic mass is 10.4.